The molecule has 1 fully saturated rings. The van der Waals surface area contributed by atoms with Crippen molar-refractivity contribution in [2.45, 2.75) is 43.2 Å². The summed E-state index contributed by atoms with van der Waals surface area (Å²) in [6.45, 7) is 1.90. The highest BCUT2D eigenvalue weighted by molar-refractivity contribution is 7.91. The second-order valence-electron chi connectivity index (χ2n) is 7.80. The Morgan fingerprint density at radius 3 is 2.56 bits per heavy atom. The molecule has 0 aromatic heterocycles. The van der Waals surface area contributed by atoms with Crippen LogP contribution in [0.5, 0.6) is 0 Å². The predicted molar refractivity (Wildman–Crippen MR) is 117 cm³/mol. The summed E-state index contributed by atoms with van der Waals surface area (Å²) in [4.78, 5) is 24.8. The summed E-state index contributed by atoms with van der Waals surface area (Å²) in [5.41, 5.74) is 0.467. The fourth-order valence-corrected chi connectivity index (χ4v) is 6.45. The third kappa shape index (κ3) is 5.91. The van der Waals surface area contributed by atoms with Gasteiger partial charge in [0.25, 0.3) is 5.91 Å². The Balaban J connectivity index is 1.67. The Hall–Kier alpha value is -2.35. The summed E-state index contributed by atoms with van der Waals surface area (Å²) in [6.07, 6.45) is 0.485. The lowest BCUT2D eigenvalue weighted by atomic mass is 10.1. The molecule has 0 spiro atoms. The second-order valence-corrected chi connectivity index (χ2v) is 11.7. The molecule has 2 atom stereocenters. The lowest BCUT2D eigenvalue weighted by Gasteiger charge is -2.27. The third-order valence-electron chi connectivity index (χ3n) is 5.07. The van der Waals surface area contributed by atoms with Gasteiger partial charge in [-0.15, -0.1) is 0 Å². The number of ether oxygens (including phenoxy) is 1. The van der Waals surface area contributed by atoms with Crippen LogP contribution in [-0.4, -0.2) is 76.7 Å². The van der Waals surface area contributed by atoms with Gasteiger partial charge in [0.2, 0.25) is 15.9 Å². The normalized spacial score (nSPS) is 21.8. The molecular formula is C19H26N4O7S2. The molecule has 32 heavy (non-hydrogen) atoms. The maximum absolute atomic E-state index is 12.6. The number of nitrogens with zero attached hydrogens (tertiary/aromatic N) is 2. The number of hydrogen-bond acceptors (Lipinski definition) is 8. The van der Waals surface area contributed by atoms with Crippen molar-refractivity contribution < 1.29 is 31.2 Å². The molecule has 0 bridgehead atoms. The molecule has 1 aromatic carbocycles. The van der Waals surface area contributed by atoms with Crippen LogP contribution < -0.4 is 10.0 Å². The zero-order valence-electron chi connectivity index (χ0n) is 17.8. The van der Waals surface area contributed by atoms with Crippen molar-refractivity contribution in [1.82, 2.24) is 9.73 Å². The average molecular weight is 487 g/mol. The van der Waals surface area contributed by atoms with Crippen molar-refractivity contribution in [3.05, 3.63) is 24.3 Å². The summed E-state index contributed by atoms with van der Waals surface area (Å²) in [5, 5.41) is 7.87. The van der Waals surface area contributed by atoms with Crippen LogP contribution >= 0.6 is 0 Å². The van der Waals surface area contributed by atoms with Gasteiger partial charge in [-0.05, 0) is 37.6 Å². The minimum absolute atomic E-state index is 0.00709. The topological polar surface area (TPSA) is 151 Å². The molecule has 2 amide bonds. The molecule has 3 rings (SSSR count). The molecule has 13 heteroatoms. The highest BCUT2D eigenvalue weighted by Gasteiger charge is 2.37. The van der Waals surface area contributed by atoms with E-state index in [0.29, 0.717) is 12.1 Å². The Kier molecular flexibility index (Phi) is 7.32. The molecule has 11 nitrogen and oxygen atoms in total. The second kappa shape index (κ2) is 9.65. The van der Waals surface area contributed by atoms with Gasteiger partial charge in [-0.25, -0.2) is 26.6 Å². The van der Waals surface area contributed by atoms with Crippen LogP contribution in [0.25, 0.3) is 0 Å². The molecule has 0 aliphatic carbocycles. The first-order chi connectivity index (χ1) is 15.0. The number of sulfonamides is 1. The van der Waals surface area contributed by atoms with Crippen molar-refractivity contribution in [3.8, 4) is 0 Å². The van der Waals surface area contributed by atoms with Gasteiger partial charge in [0.1, 0.15) is 5.71 Å². The van der Waals surface area contributed by atoms with Crippen LogP contribution in [-0.2, 0) is 34.2 Å². The van der Waals surface area contributed by atoms with E-state index in [9.17, 15) is 26.4 Å². The highest BCUT2D eigenvalue weighted by atomic mass is 32.2. The van der Waals surface area contributed by atoms with Crippen LogP contribution in [0.4, 0.5) is 5.69 Å². The number of nitrogens with one attached hydrogen (secondary N) is 2. The number of amides is 2. The third-order valence-corrected chi connectivity index (χ3v) is 8.43. The molecule has 1 saturated heterocycles. The van der Waals surface area contributed by atoms with E-state index in [1.165, 1.54) is 31.4 Å². The summed E-state index contributed by atoms with van der Waals surface area (Å²) in [7, 11) is -5.47. The van der Waals surface area contributed by atoms with E-state index < -0.39 is 37.9 Å². The van der Waals surface area contributed by atoms with E-state index >= 15 is 0 Å². The molecule has 176 valence electrons. The maximum Gasteiger partial charge on any atom is 0.271 e. The van der Waals surface area contributed by atoms with E-state index in [1.807, 2.05) is 0 Å². The number of anilines is 1. The summed E-state index contributed by atoms with van der Waals surface area (Å²) < 4.78 is 55.6. The van der Waals surface area contributed by atoms with Crippen LogP contribution in [0.1, 0.15) is 26.2 Å². The van der Waals surface area contributed by atoms with Gasteiger partial charge in [-0.3, -0.25) is 9.59 Å². The highest BCUT2D eigenvalue weighted by Crippen LogP contribution is 2.23. The minimum Gasteiger partial charge on any atom is -0.383 e. The first kappa shape index (κ1) is 24.3. The monoisotopic (exact) mass is 486 g/mol. The Bertz CT molecular complexity index is 1110. The number of sulfone groups is 1. The van der Waals surface area contributed by atoms with E-state index in [-0.39, 0.29) is 47.5 Å². The zero-order chi connectivity index (χ0) is 23.5. The van der Waals surface area contributed by atoms with Crippen molar-refractivity contribution >= 4 is 43.1 Å². The molecule has 2 unspecified atom stereocenters. The first-order valence-corrected chi connectivity index (χ1v) is 13.3. The molecule has 1 aromatic rings. The van der Waals surface area contributed by atoms with Crippen LogP contribution in [0.2, 0.25) is 0 Å². The lowest BCUT2D eigenvalue weighted by molar-refractivity contribution is -0.133. The van der Waals surface area contributed by atoms with Gasteiger partial charge in [0.15, 0.2) is 9.84 Å². The maximum atomic E-state index is 12.6. The van der Waals surface area contributed by atoms with Crippen molar-refractivity contribution in [2.75, 3.05) is 30.5 Å². The van der Waals surface area contributed by atoms with Gasteiger partial charge in [0, 0.05) is 31.7 Å². The van der Waals surface area contributed by atoms with Crippen LogP contribution in [0, 0.1) is 0 Å². The Labute approximate surface area is 187 Å². The molecule has 2 aliphatic rings. The largest absolute Gasteiger partial charge is 0.383 e. The number of methoxy groups -OCH3 is 1. The standard InChI is InChI=1S/C19H26N4O7S2/c1-13(11-30-2)22-32(28,29)16-5-3-14(4-6-16)20-19(25)17-7-8-18(24)23(21-17)15-9-10-31(26,27)12-15/h3-6,13,15,22H,7-12H2,1-2H3,(H,20,25). The average Bonchev–Trinajstić information content (AvgIpc) is 3.08. The summed E-state index contributed by atoms with van der Waals surface area (Å²) in [6, 6.07) is 4.65. The van der Waals surface area contributed by atoms with Gasteiger partial charge in [-0.1, -0.05) is 0 Å². The van der Waals surface area contributed by atoms with Gasteiger partial charge < -0.3 is 10.1 Å². The summed E-state index contributed by atoms with van der Waals surface area (Å²) in [5.74, 6) is -1.02. The quantitative estimate of drug-likeness (QED) is 0.529. The molecule has 2 N–H and O–H groups in total. The Morgan fingerprint density at radius 1 is 1.28 bits per heavy atom. The smallest absolute Gasteiger partial charge is 0.271 e. The number of benzene rings is 1. The van der Waals surface area contributed by atoms with E-state index in [1.54, 1.807) is 6.92 Å². The SMILES string of the molecule is COCC(C)NS(=O)(=O)c1ccc(NC(=O)C2=NN(C3CCS(=O)(=O)C3)C(=O)CC2)cc1. The number of carbonyl (C=O) groups is 2. The van der Waals surface area contributed by atoms with E-state index in [2.05, 4.69) is 15.1 Å². The fourth-order valence-electron chi connectivity index (χ4n) is 3.53. The van der Waals surface area contributed by atoms with Crippen molar-refractivity contribution in [1.29, 1.82) is 0 Å². The Morgan fingerprint density at radius 2 is 1.97 bits per heavy atom. The predicted octanol–water partition coefficient (Wildman–Crippen LogP) is 0.104. The van der Waals surface area contributed by atoms with Gasteiger partial charge >= 0.3 is 0 Å². The van der Waals surface area contributed by atoms with E-state index in [0.717, 1.165) is 5.01 Å². The lowest BCUT2D eigenvalue weighted by Crippen LogP contribution is -2.42. The summed E-state index contributed by atoms with van der Waals surface area (Å²) >= 11 is 0. The van der Waals surface area contributed by atoms with Crippen LogP contribution in [0.15, 0.2) is 34.3 Å². The first-order valence-electron chi connectivity index (χ1n) is 10.0. The molecule has 0 radical (unpaired) electrons. The number of hydrogen-bond donors (Lipinski definition) is 2. The minimum atomic E-state index is -3.74. The molecular weight excluding hydrogens is 460 g/mol. The number of hydrazone groups is 1. The number of carbonyl (C=O) groups excluding carboxylic acids is 2. The fraction of sp³-hybridized carbons (Fsp3) is 0.526. The molecule has 0 saturated carbocycles. The zero-order valence-corrected chi connectivity index (χ0v) is 19.4. The molecule has 2 heterocycles. The van der Waals surface area contributed by atoms with Crippen LogP contribution in [0.3, 0.4) is 0 Å². The molecule has 2 aliphatic heterocycles. The van der Waals surface area contributed by atoms with Gasteiger partial charge in [-0.2, -0.15) is 5.10 Å². The van der Waals surface area contributed by atoms with E-state index in [4.69, 9.17) is 4.74 Å². The van der Waals surface area contributed by atoms with Crippen molar-refractivity contribution in [3.63, 3.8) is 0 Å². The van der Waals surface area contributed by atoms with Gasteiger partial charge in [0.05, 0.1) is 29.0 Å². The number of rotatable bonds is 8. The van der Waals surface area contributed by atoms with Crippen molar-refractivity contribution in [2.24, 2.45) is 5.10 Å².